The van der Waals surface area contributed by atoms with Crippen molar-refractivity contribution < 1.29 is 19.5 Å². The highest BCUT2D eigenvalue weighted by Gasteiger charge is 2.20. The molecule has 6 nitrogen and oxygen atoms in total. The summed E-state index contributed by atoms with van der Waals surface area (Å²) in [6, 6.07) is 5.98. The molecule has 0 aliphatic carbocycles. The molecule has 1 rings (SSSR count). The number of nitrogens with one attached hydrogen (secondary N) is 2. The Kier molecular flexibility index (Phi) is 5.90. The lowest BCUT2D eigenvalue weighted by atomic mass is 10.0. The number of carbonyl (C=O) groups excluding carboxylic acids is 2. The van der Waals surface area contributed by atoms with Crippen LogP contribution in [-0.2, 0) is 9.59 Å². The van der Waals surface area contributed by atoms with Gasteiger partial charge in [-0.15, -0.1) is 0 Å². The van der Waals surface area contributed by atoms with Crippen LogP contribution in [0.1, 0.15) is 37.6 Å². The molecular formula is C15H20N2O4. The van der Waals surface area contributed by atoms with E-state index in [1.807, 2.05) is 13.8 Å². The number of rotatable bonds is 6. The Bertz CT molecular complexity index is 523. The lowest BCUT2D eigenvalue weighted by molar-refractivity contribution is -0.137. The van der Waals surface area contributed by atoms with E-state index in [0.717, 1.165) is 0 Å². The summed E-state index contributed by atoms with van der Waals surface area (Å²) in [5.74, 6) is -1.45. The summed E-state index contributed by atoms with van der Waals surface area (Å²) in [5.41, 5.74) is 1.02. The molecule has 0 radical (unpaired) electrons. The molecule has 0 saturated carbocycles. The fraction of sp³-hybridized carbons (Fsp3) is 0.400. The van der Waals surface area contributed by atoms with Crippen molar-refractivity contribution in [2.75, 3.05) is 5.32 Å². The van der Waals surface area contributed by atoms with Gasteiger partial charge >= 0.3 is 5.97 Å². The molecule has 1 aromatic carbocycles. The van der Waals surface area contributed by atoms with Crippen LogP contribution in [0.4, 0.5) is 5.69 Å². The summed E-state index contributed by atoms with van der Waals surface area (Å²) in [4.78, 5) is 33.8. The molecule has 0 fully saturated rings. The fourth-order valence-corrected chi connectivity index (χ4v) is 1.80. The molecule has 0 aliphatic heterocycles. The van der Waals surface area contributed by atoms with Gasteiger partial charge in [0.05, 0.1) is 6.42 Å². The van der Waals surface area contributed by atoms with Crippen LogP contribution in [0.3, 0.4) is 0 Å². The number of aliphatic carboxylic acids is 1. The van der Waals surface area contributed by atoms with Crippen LogP contribution in [0, 0.1) is 5.92 Å². The highest BCUT2D eigenvalue weighted by Crippen LogP contribution is 2.12. The molecule has 0 spiro atoms. The minimum atomic E-state index is -0.949. The van der Waals surface area contributed by atoms with E-state index in [2.05, 4.69) is 10.6 Å². The first-order valence-corrected chi connectivity index (χ1v) is 6.70. The van der Waals surface area contributed by atoms with E-state index in [1.165, 1.54) is 6.92 Å². The molecular weight excluding hydrogens is 272 g/mol. The predicted molar refractivity (Wildman–Crippen MR) is 79.1 cm³/mol. The number of anilines is 1. The monoisotopic (exact) mass is 292 g/mol. The zero-order chi connectivity index (χ0) is 16.0. The molecule has 114 valence electrons. The van der Waals surface area contributed by atoms with E-state index in [9.17, 15) is 14.4 Å². The Balaban J connectivity index is 2.73. The SMILES string of the molecule is CC(=O)Nc1ccc(C(=O)NC(CC(=O)O)C(C)C)cc1. The highest BCUT2D eigenvalue weighted by molar-refractivity contribution is 5.95. The molecule has 1 atom stereocenters. The second-order valence-corrected chi connectivity index (χ2v) is 5.18. The van der Waals surface area contributed by atoms with Gasteiger partial charge in [0, 0.05) is 24.2 Å². The van der Waals surface area contributed by atoms with Crippen LogP contribution in [0.25, 0.3) is 0 Å². The van der Waals surface area contributed by atoms with Crippen molar-refractivity contribution in [2.24, 2.45) is 5.92 Å². The molecule has 1 aromatic rings. The van der Waals surface area contributed by atoms with Gasteiger partial charge in [0.15, 0.2) is 0 Å². The van der Waals surface area contributed by atoms with Crippen molar-refractivity contribution >= 4 is 23.5 Å². The molecule has 0 bridgehead atoms. The van der Waals surface area contributed by atoms with Gasteiger partial charge in [-0.25, -0.2) is 0 Å². The van der Waals surface area contributed by atoms with Gasteiger partial charge < -0.3 is 15.7 Å². The van der Waals surface area contributed by atoms with E-state index in [0.29, 0.717) is 11.3 Å². The molecule has 1 unspecified atom stereocenters. The average molecular weight is 292 g/mol. The van der Waals surface area contributed by atoms with Crippen molar-refractivity contribution in [3.05, 3.63) is 29.8 Å². The van der Waals surface area contributed by atoms with Crippen LogP contribution in [-0.4, -0.2) is 28.9 Å². The Morgan fingerprint density at radius 1 is 1.14 bits per heavy atom. The lowest BCUT2D eigenvalue weighted by Gasteiger charge is -2.20. The van der Waals surface area contributed by atoms with Crippen LogP contribution in [0.2, 0.25) is 0 Å². The van der Waals surface area contributed by atoms with E-state index in [1.54, 1.807) is 24.3 Å². The quantitative estimate of drug-likeness (QED) is 0.746. The maximum Gasteiger partial charge on any atom is 0.305 e. The van der Waals surface area contributed by atoms with Crippen LogP contribution in [0.5, 0.6) is 0 Å². The minimum Gasteiger partial charge on any atom is -0.481 e. The van der Waals surface area contributed by atoms with Crippen molar-refractivity contribution in [3.63, 3.8) is 0 Å². The van der Waals surface area contributed by atoms with Crippen molar-refractivity contribution in [1.29, 1.82) is 0 Å². The van der Waals surface area contributed by atoms with Gasteiger partial charge in [-0.3, -0.25) is 14.4 Å². The minimum absolute atomic E-state index is 0.0173. The van der Waals surface area contributed by atoms with Crippen LogP contribution in [0.15, 0.2) is 24.3 Å². The van der Waals surface area contributed by atoms with Crippen LogP contribution >= 0.6 is 0 Å². The standard InChI is InChI=1S/C15H20N2O4/c1-9(2)13(8-14(19)20)17-15(21)11-4-6-12(7-5-11)16-10(3)18/h4-7,9,13H,8H2,1-3H3,(H,16,18)(H,17,21)(H,19,20). The smallest absolute Gasteiger partial charge is 0.305 e. The molecule has 0 saturated heterocycles. The van der Waals surface area contributed by atoms with E-state index in [4.69, 9.17) is 5.11 Å². The van der Waals surface area contributed by atoms with Gasteiger partial charge in [-0.1, -0.05) is 13.8 Å². The number of hydrogen-bond acceptors (Lipinski definition) is 3. The fourth-order valence-electron chi connectivity index (χ4n) is 1.80. The first-order valence-electron chi connectivity index (χ1n) is 6.70. The van der Waals surface area contributed by atoms with Crippen molar-refractivity contribution in [3.8, 4) is 0 Å². The van der Waals surface area contributed by atoms with Gasteiger partial charge in [0.25, 0.3) is 5.91 Å². The topological polar surface area (TPSA) is 95.5 Å². The summed E-state index contributed by atoms with van der Waals surface area (Å²) in [5, 5.41) is 14.2. The van der Waals surface area contributed by atoms with Crippen molar-refractivity contribution in [2.45, 2.75) is 33.2 Å². The average Bonchev–Trinajstić information content (AvgIpc) is 2.37. The molecule has 0 aliphatic rings. The number of carbonyl (C=O) groups is 3. The molecule has 0 heterocycles. The largest absolute Gasteiger partial charge is 0.481 e. The first kappa shape index (κ1) is 16.7. The summed E-state index contributed by atoms with van der Waals surface area (Å²) < 4.78 is 0. The third-order valence-electron chi connectivity index (χ3n) is 2.98. The second kappa shape index (κ2) is 7.42. The third kappa shape index (κ3) is 5.64. The van der Waals surface area contributed by atoms with E-state index >= 15 is 0 Å². The molecule has 6 heteroatoms. The number of carboxylic acids is 1. The van der Waals surface area contributed by atoms with Gasteiger partial charge in [0.2, 0.25) is 5.91 Å². The highest BCUT2D eigenvalue weighted by atomic mass is 16.4. The Morgan fingerprint density at radius 2 is 1.71 bits per heavy atom. The molecule has 0 aromatic heterocycles. The zero-order valence-corrected chi connectivity index (χ0v) is 12.3. The third-order valence-corrected chi connectivity index (χ3v) is 2.98. The lowest BCUT2D eigenvalue weighted by Crippen LogP contribution is -2.40. The Morgan fingerprint density at radius 3 is 2.14 bits per heavy atom. The summed E-state index contributed by atoms with van der Waals surface area (Å²) in [6.07, 6.45) is -0.118. The van der Waals surface area contributed by atoms with Crippen LogP contribution < -0.4 is 10.6 Å². The Hall–Kier alpha value is -2.37. The molecule has 3 N–H and O–H groups in total. The molecule has 2 amide bonds. The van der Waals surface area contributed by atoms with E-state index < -0.39 is 12.0 Å². The molecule has 21 heavy (non-hydrogen) atoms. The predicted octanol–water partition coefficient (Wildman–Crippen LogP) is 1.87. The first-order chi connectivity index (χ1) is 9.79. The number of hydrogen-bond donors (Lipinski definition) is 3. The number of benzene rings is 1. The second-order valence-electron chi connectivity index (χ2n) is 5.18. The van der Waals surface area contributed by atoms with Gasteiger partial charge in [-0.05, 0) is 30.2 Å². The van der Waals surface area contributed by atoms with Crippen molar-refractivity contribution in [1.82, 2.24) is 5.32 Å². The Labute approximate surface area is 123 Å². The zero-order valence-electron chi connectivity index (χ0n) is 12.3. The summed E-state index contributed by atoms with van der Waals surface area (Å²) in [6.45, 7) is 5.11. The number of carboxylic acid groups (broad SMARTS) is 1. The summed E-state index contributed by atoms with van der Waals surface area (Å²) in [7, 11) is 0. The summed E-state index contributed by atoms with van der Waals surface area (Å²) >= 11 is 0. The number of amides is 2. The van der Waals surface area contributed by atoms with E-state index in [-0.39, 0.29) is 24.2 Å². The maximum absolute atomic E-state index is 12.1. The normalized spacial score (nSPS) is 11.8. The van der Waals surface area contributed by atoms with Gasteiger partial charge in [0.1, 0.15) is 0 Å². The van der Waals surface area contributed by atoms with Gasteiger partial charge in [-0.2, -0.15) is 0 Å². The maximum atomic E-state index is 12.1.